The van der Waals surface area contributed by atoms with E-state index in [1.807, 2.05) is 24.3 Å². The van der Waals surface area contributed by atoms with Gasteiger partial charge in [-0.25, -0.2) is 0 Å². The van der Waals surface area contributed by atoms with Crippen molar-refractivity contribution in [3.8, 4) is 0 Å². The molecular formula is C9H12N2O. The molecule has 0 aliphatic carbocycles. The summed E-state index contributed by atoms with van der Waals surface area (Å²) in [6.07, 6.45) is 0. The Morgan fingerprint density at radius 3 is 2.42 bits per heavy atom. The topological polar surface area (TPSA) is 58.6 Å². The fourth-order valence-corrected chi connectivity index (χ4v) is 0.940. The zero-order valence-electron chi connectivity index (χ0n) is 6.99. The highest BCUT2D eigenvalue weighted by molar-refractivity contribution is 5.98. The molecule has 0 atom stereocenters. The first-order valence-corrected chi connectivity index (χ1v) is 3.76. The van der Waals surface area contributed by atoms with Gasteiger partial charge in [0.25, 0.3) is 0 Å². The third-order valence-electron chi connectivity index (χ3n) is 1.76. The van der Waals surface area contributed by atoms with Gasteiger partial charge in [-0.15, -0.1) is 0 Å². The van der Waals surface area contributed by atoms with Crippen LogP contribution in [0.3, 0.4) is 0 Å². The maximum atomic E-state index is 8.48. The minimum Gasteiger partial charge on any atom is -0.411 e. The van der Waals surface area contributed by atoms with Crippen molar-refractivity contribution in [3.63, 3.8) is 0 Å². The second-order valence-corrected chi connectivity index (χ2v) is 2.59. The minimum absolute atomic E-state index is 0.537. The van der Waals surface area contributed by atoms with E-state index >= 15 is 0 Å². The summed E-state index contributed by atoms with van der Waals surface area (Å²) in [5, 5.41) is 11.6. The second kappa shape index (κ2) is 3.88. The van der Waals surface area contributed by atoms with Crippen LogP contribution in [-0.2, 0) is 6.54 Å². The van der Waals surface area contributed by atoms with Crippen LogP contribution in [0.4, 0.5) is 0 Å². The van der Waals surface area contributed by atoms with Gasteiger partial charge in [-0.2, -0.15) is 0 Å². The van der Waals surface area contributed by atoms with Gasteiger partial charge >= 0.3 is 0 Å². The van der Waals surface area contributed by atoms with Crippen LogP contribution < -0.4 is 5.73 Å². The maximum Gasteiger partial charge on any atom is 0.0836 e. The van der Waals surface area contributed by atoms with E-state index in [0.717, 1.165) is 11.1 Å². The van der Waals surface area contributed by atoms with Crippen molar-refractivity contribution in [2.45, 2.75) is 13.5 Å². The van der Waals surface area contributed by atoms with Crippen molar-refractivity contribution in [2.24, 2.45) is 10.9 Å². The van der Waals surface area contributed by atoms with Crippen LogP contribution in [0.15, 0.2) is 29.4 Å². The molecule has 0 bridgehead atoms. The summed E-state index contributed by atoms with van der Waals surface area (Å²) >= 11 is 0. The first kappa shape index (κ1) is 8.74. The Labute approximate surface area is 71.5 Å². The van der Waals surface area contributed by atoms with Crippen LogP contribution in [0.2, 0.25) is 0 Å². The number of hydrogen-bond donors (Lipinski definition) is 2. The molecule has 3 nitrogen and oxygen atoms in total. The molecule has 0 aliphatic rings. The highest BCUT2D eigenvalue weighted by Crippen LogP contribution is 2.04. The number of benzene rings is 1. The number of nitrogens with two attached hydrogens (primary N) is 1. The van der Waals surface area contributed by atoms with Gasteiger partial charge in [-0.3, -0.25) is 0 Å². The molecule has 0 amide bonds. The molecule has 0 unspecified atom stereocenters. The predicted octanol–water partition coefficient (Wildman–Crippen LogP) is 1.34. The third kappa shape index (κ3) is 1.83. The fraction of sp³-hybridized carbons (Fsp3) is 0.222. The average molecular weight is 164 g/mol. The van der Waals surface area contributed by atoms with E-state index in [2.05, 4.69) is 5.16 Å². The van der Waals surface area contributed by atoms with Gasteiger partial charge in [-0.05, 0) is 18.1 Å². The molecule has 0 aromatic heterocycles. The van der Waals surface area contributed by atoms with Crippen LogP contribution in [0.25, 0.3) is 0 Å². The molecule has 0 aliphatic heterocycles. The Bertz CT molecular complexity index is 277. The van der Waals surface area contributed by atoms with Gasteiger partial charge in [-0.1, -0.05) is 29.4 Å². The highest BCUT2D eigenvalue weighted by Gasteiger charge is 1.96. The molecule has 1 aromatic rings. The van der Waals surface area contributed by atoms with Gasteiger partial charge in [0.05, 0.1) is 5.71 Å². The molecule has 0 radical (unpaired) electrons. The highest BCUT2D eigenvalue weighted by atomic mass is 16.4. The molecule has 3 heteroatoms. The lowest BCUT2D eigenvalue weighted by Crippen LogP contribution is -1.98. The molecule has 0 fully saturated rings. The summed E-state index contributed by atoms with van der Waals surface area (Å²) in [6, 6.07) is 7.61. The Kier molecular flexibility index (Phi) is 2.82. The van der Waals surface area contributed by atoms with E-state index in [1.165, 1.54) is 0 Å². The minimum atomic E-state index is 0.537. The normalized spacial score (nSPS) is 11.7. The van der Waals surface area contributed by atoms with E-state index in [1.54, 1.807) is 6.92 Å². The van der Waals surface area contributed by atoms with Crippen molar-refractivity contribution in [1.82, 2.24) is 0 Å². The van der Waals surface area contributed by atoms with Crippen LogP contribution in [0.5, 0.6) is 0 Å². The molecule has 64 valence electrons. The quantitative estimate of drug-likeness (QED) is 0.393. The van der Waals surface area contributed by atoms with Crippen LogP contribution in [0, 0.1) is 0 Å². The molecule has 0 saturated heterocycles. The molecule has 1 aromatic carbocycles. The van der Waals surface area contributed by atoms with E-state index in [9.17, 15) is 0 Å². The van der Waals surface area contributed by atoms with Crippen molar-refractivity contribution in [3.05, 3.63) is 35.4 Å². The lowest BCUT2D eigenvalue weighted by atomic mass is 10.1. The Hall–Kier alpha value is -1.35. The van der Waals surface area contributed by atoms with Crippen LogP contribution >= 0.6 is 0 Å². The smallest absolute Gasteiger partial charge is 0.0836 e. The maximum absolute atomic E-state index is 8.48. The lowest BCUT2D eigenvalue weighted by Gasteiger charge is -1.99. The first-order valence-electron chi connectivity index (χ1n) is 3.76. The van der Waals surface area contributed by atoms with Gasteiger partial charge in [0.1, 0.15) is 0 Å². The van der Waals surface area contributed by atoms with Crippen molar-refractivity contribution >= 4 is 5.71 Å². The summed E-state index contributed by atoms with van der Waals surface area (Å²) in [6.45, 7) is 2.28. The first-order chi connectivity index (χ1) is 5.77. The summed E-state index contributed by atoms with van der Waals surface area (Å²) in [5.41, 5.74) is 8.02. The van der Waals surface area contributed by atoms with Crippen molar-refractivity contribution < 1.29 is 5.21 Å². The van der Waals surface area contributed by atoms with Gasteiger partial charge in [0.2, 0.25) is 0 Å². The van der Waals surface area contributed by atoms with Crippen molar-refractivity contribution in [1.29, 1.82) is 0 Å². The zero-order valence-corrected chi connectivity index (χ0v) is 6.99. The zero-order chi connectivity index (χ0) is 8.97. The molecule has 0 heterocycles. The molecule has 3 N–H and O–H groups in total. The SMILES string of the molecule is C/C(=N/O)c1ccc(CN)cc1. The predicted molar refractivity (Wildman–Crippen MR) is 48.3 cm³/mol. The molecule has 0 spiro atoms. The largest absolute Gasteiger partial charge is 0.411 e. The number of nitrogens with zero attached hydrogens (tertiary/aromatic N) is 1. The summed E-state index contributed by atoms with van der Waals surface area (Å²) in [5.74, 6) is 0. The Morgan fingerprint density at radius 2 is 2.00 bits per heavy atom. The molecule has 1 rings (SSSR count). The summed E-state index contributed by atoms with van der Waals surface area (Å²) in [4.78, 5) is 0. The summed E-state index contributed by atoms with van der Waals surface area (Å²) < 4.78 is 0. The molecule has 0 saturated carbocycles. The standard InChI is InChI=1S/C9H12N2O/c1-7(11-12)9-4-2-8(6-10)3-5-9/h2-5,12H,6,10H2,1H3/b11-7-. The van der Waals surface area contributed by atoms with E-state index in [4.69, 9.17) is 10.9 Å². The Balaban J connectivity index is 2.92. The van der Waals surface area contributed by atoms with E-state index < -0.39 is 0 Å². The van der Waals surface area contributed by atoms with Gasteiger partial charge in [0, 0.05) is 6.54 Å². The second-order valence-electron chi connectivity index (χ2n) is 2.59. The number of rotatable bonds is 2. The van der Waals surface area contributed by atoms with Crippen LogP contribution in [0.1, 0.15) is 18.1 Å². The van der Waals surface area contributed by atoms with Gasteiger partial charge < -0.3 is 10.9 Å². The monoisotopic (exact) mass is 164 g/mol. The number of hydrogen-bond acceptors (Lipinski definition) is 3. The van der Waals surface area contributed by atoms with E-state index in [0.29, 0.717) is 12.3 Å². The fourth-order valence-electron chi connectivity index (χ4n) is 0.940. The van der Waals surface area contributed by atoms with E-state index in [-0.39, 0.29) is 0 Å². The van der Waals surface area contributed by atoms with Gasteiger partial charge in [0.15, 0.2) is 0 Å². The van der Waals surface area contributed by atoms with Crippen molar-refractivity contribution in [2.75, 3.05) is 0 Å². The lowest BCUT2D eigenvalue weighted by molar-refractivity contribution is 0.319. The molecule has 12 heavy (non-hydrogen) atoms. The Morgan fingerprint density at radius 1 is 1.42 bits per heavy atom. The third-order valence-corrected chi connectivity index (χ3v) is 1.76. The molecular weight excluding hydrogens is 152 g/mol. The summed E-state index contributed by atoms with van der Waals surface area (Å²) in [7, 11) is 0. The average Bonchev–Trinajstić information content (AvgIpc) is 2.17. The van der Waals surface area contributed by atoms with Crippen LogP contribution in [-0.4, -0.2) is 10.9 Å². The number of oxime groups is 1.